The van der Waals surface area contributed by atoms with Gasteiger partial charge in [-0.25, -0.2) is 9.78 Å². The number of fused-ring (bicyclic) bond motifs is 2. The van der Waals surface area contributed by atoms with Crippen LogP contribution in [0.4, 0.5) is 13.2 Å². The molecule has 0 bridgehead atoms. The van der Waals surface area contributed by atoms with Crippen molar-refractivity contribution in [2.24, 2.45) is 0 Å². The maximum atomic E-state index is 12.7. The molecule has 1 saturated heterocycles. The molecule has 1 spiro atoms. The summed E-state index contributed by atoms with van der Waals surface area (Å²) >= 11 is 0. The van der Waals surface area contributed by atoms with Crippen molar-refractivity contribution < 1.29 is 32.2 Å². The number of hydrogen-bond acceptors (Lipinski definition) is 5. The summed E-state index contributed by atoms with van der Waals surface area (Å²) in [4.78, 5) is 30.2. The van der Waals surface area contributed by atoms with Gasteiger partial charge in [-0.1, -0.05) is 18.2 Å². The first-order chi connectivity index (χ1) is 13.8. The molecule has 1 amide bonds. The highest BCUT2D eigenvalue weighted by atomic mass is 19.4. The third kappa shape index (κ3) is 3.76. The second kappa shape index (κ2) is 7.06. The number of alkyl halides is 3. The van der Waals surface area contributed by atoms with Gasteiger partial charge >= 0.3 is 12.1 Å². The molecule has 29 heavy (non-hydrogen) atoms. The molecule has 1 aromatic heterocycles. The SMILES string of the molecule is O=C1OC2(CCN(C(=O)c3ccc(OCC(F)(F)F)nc3)CC2)c2ccccc21. The van der Waals surface area contributed by atoms with Gasteiger partial charge in [0.05, 0.1) is 11.1 Å². The molecule has 6 nitrogen and oxygen atoms in total. The first-order valence-electron chi connectivity index (χ1n) is 9.05. The number of benzene rings is 1. The van der Waals surface area contributed by atoms with E-state index >= 15 is 0 Å². The van der Waals surface area contributed by atoms with Crippen LogP contribution in [0.1, 0.15) is 39.1 Å². The van der Waals surface area contributed by atoms with Gasteiger partial charge in [-0.05, 0) is 12.1 Å². The van der Waals surface area contributed by atoms with Gasteiger partial charge in [0.2, 0.25) is 5.88 Å². The quantitative estimate of drug-likeness (QED) is 0.732. The lowest BCUT2D eigenvalue weighted by Gasteiger charge is -2.38. The Morgan fingerprint density at radius 2 is 1.90 bits per heavy atom. The van der Waals surface area contributed by atoms with E-state index in [-0.39, 0.29) is 23.3 Å². The lowest BCUT2D eigenvalue weighted by atomic mass is 9.83. The van der Waals surface area contributed by atoms with Gasteiger partial charge in [-0.2, -0.15) is 13.2 Å². The molecular formula is C20H17F3N2O4. The number of piperidine rings is 1. The summed E-state index contributed by atoms with van der Waals surface area (Å²) in [5.74, 6) is -0.836. The average Bonchev–Trinajstić information content (AvgIpc) is 2.98. The van der Waals surface area contributed by atoms with Crippen LogP contribution in [-0.2, 0) is 10.3 Å². The highest BCUT2D eigenvalue weighted by Crippen LogP contribution is 2.44. The van der Waals surface area contributed by atoms with Crippen molar-refractivity contribution >= 4 is 11.9 Å². The summed E-state index contributed by atoms with van der Waals surface area (Å²) in [5.41, 5.74) is 0.956. The standard InChI is InChI=1S/C20H17F3N2O4/c21-20(22,23)12-28-16-6-5-13(11-24-16)17(26)25-9-7-19(8-10-25)15-4-2-1-3-14(15)18(27)29-19/h1-6,11H,7-10,12H2. The van der Waals surface area contributed by atoms with Gasteiger partial charge in [0, 0.05) is 43.8 Å². The molecule has 2 aliphatic rings. The van der Waals surface area contributed by atoms with Crippen molar-refractivity contribution in [3.63, 3.8) is 0 Å². The highest BCUT2D eigenvalue weighted by molar-refractivity contribution is 5.95. The van der Waals surface area contributed by atoms with Crippen molar-refractivity contribution in [1.82, 2.24) is 9.88 Å². The summed E-state index contributed by atoms with van der Waals surface area (Å²) in [7, 11) is 0. The van der Waals surface area contributed by atoms with Crippen molar-refractivity contribution in [2.45, 2.75) is 24.6 Å². The smallest absolute Gasteiger partial charge is 0.422 e. The Hall–Kier alpha value is -3.10. The van der Waals surface area contributed by atoms with Crippen LogP contribution in [-0.4, -0.2) is 47.6 Å². The first-order valence-corrected chi connectivity index (χ1v) is 9.05. The Balaban J connectivity index is 1.40. The average molecular weight is 406 g/mol. The largest absolute Gasteiger partial charge is 0.468 e. The summed E-state index contributed by atoms with van der Waals surface area (Å²) in [6.07, 6.45) is -2.31. The zero-order valence-corrected chi connectivity index (χ0v) is 15.2. The van der Waals surface area contributed by atoms with E-state index in [4.69, 9.17) is 4.74 Å². The third-order valence-corrected chi connectivity index (χ3v) is 5.15. The van der Waals surface area contributed by atoms with Crippen LogP contribution in [0.5, 0.6) is 5.88 Å². The Kier molecular flexibility index (Phi) is 4.68. The molecule has 0 aliphatic carbocycles. The van der Waals surface area contributed by atoms with Gasteiger partial charge in [0.25, 0.3) is 5.91 Å². The molecule has 0 atom stereocenters. The number of ether oxygens (including phenoxy) is 2. The Morgan fingerprint density at radius 3 is 2.55 bits per heavy atom. The van der Waals surface area contributed by atoms with Crippen molar-refractivity contribution in [2.75, 3.05) is 19.7 Å². The van der Waals surface area contributed by atoms with E-state index in [0.29, 0.717) is 31.5 Å². The number of halogens is 3. The van der Waals surface area contributed by atoms with Crippen LogP contribution < -0.4 is 4.74 Å². The summed E-state index contributed by atoms with van der Waals surface area (Å²) < 4.78 is 46.8. The lowest BCUT2D eigenvalue weighted by molar-refractivity contribution is -0.154. The lowest BCUT2D eigenvalue weighted by Crippen LogP contribution is -2.45. The maximum absolute atomic E-state index is 12.7. The molecule has 0 saturated carbocycles. The number of likely N-dealkylation sites (tertiary alicyclic amines) is 1. The molecule has 0 N–H and O–H groups in total. The number of carbonyl (C=O) groups is 2. The minimum atomic E-state index is -4.46. The second-order valence-electron chi connectivity index (χ2n) is 7.01. The van der Waals surface area contributed by atoms with Crippen LogP contribution in [0.2, 0.25) is 0 Å². The summed E-state index contributed by atoms with van der Waals surface area (Å²) in [5, 5.41) is 0. The minimum absolute atomic E-state index is 0.203. The Bertz CT molecular complexity index is 935. The molecule has 0 unspecified atom stereocenters. The third-order valence-electron chi connectivity index (χ3n) is 5.15. The highest BCUT2D eigenvalue weighted by Gasteiger charge is 2.47. The van der Waals surface area contributed by atoms with E-state index in [1.165, 1.54) is 18.3 Å². The number of nitrogens with zero attached hydrogens (tertiary/aromatic N) is 2. The molecule has 1 fully saturated rings. The monoisotopic (exact) mass is 406 g/mol. The maximum Gasteiger partial charge on any atom is 0.422 e. The molecule has 9 heteroatoms. The molecule has 2 aromatic rings. The number of esters is 1. The fourth-order valence-corrected chi connectivity index (χ4v) is 3.72. The number of aromatic nitrogens is 1. The van der Waals surface area contributed by atoms with Gasteiger partial charge in [-0.15, -0.1) is 0 Å². The van der Waals surface area contributed by atoms with Crippen molar-refractivity contribution in [1.29, 1.82) is 0 Å². The minimum Gasteiger partial charge on any atom is -0.468 e. The van der Waals surface area contributed by atoms with Crippen molar-refractivity contribution in [3.8, 4) is 5.88 Å². The van der Waals surface area contributed by atoms with Gasteiger partial charge in [0.1, 0.15) is 5.60 Å². The number of rotatable bonds is 3. The number of amides is 1. The number of hydrogen-bond donors (Lipinski definition) is 0. The van der Waals surface area contributed by atoms with E-state index in [9.17, 15) is 22.8 Å². The number of carbonyl (C=O) groups excluding carboxylic acids is 2. The zero-order valence-electron chi connectivity index (χ0n) is 15.2. The van der Waals surface area contributed by atoms with Crippen LogP contribution in [0.3, 0.4) is 0 Å². The fourth-order valence-electron chi connectivity index (χ4n) is 3.72. The van der Waals surface area contributed by atoms with E-state index in [0.717, 1.165) is 5.56 Å². The topological polar surface area (TPSA) is 68.7 Å². The fraction of sp³-hybridized carbons (Fsp3) is 0.350. The number of pyridine rings is 1. The summed E-state index contributed by atoms with van der Waals surface area (Å²) in [6.45, 7) is -0.679. The van der Waals surface area contributed by atoms with Crippen LogP contribution in [0.15, 0.2) is 42.6 Å². The van der Waals surface area contributed by atoms with Gasteiger partial charge < -0.3 is 14.4 Å². The van der Waals surface area contributed by atoms with Gasteiger partial charge in [0.15, 0.2) is 6.61 Å². The molecule has 2 aliphatic heterocycles. The van der Waals surface area contributed by atoms with Crippen LogP contribution in [0, 0.1) is 0 Å². The van der Waals surface area contributed by atoms with Crippen LogP contribution >= 0.6 is 0 Å². The van der Waals surface area contributed by atoms with Gasteiger partial charge in [-0.3, -0.25) is 4.79 Å². The zero-order chi connectivity index (χ0) is 20.6. The molecule has 4 rings (SSSR count). The molecule has 1 aromatic carbocycles. The van der Waals surface area contributed by atoms with Crippen molar-refractivity contribution in [3.05, 3.63) is 59.3 Å². The van der Waals surface area contributed by atoms with E-state index in [2.05, 4.69) is 9.72 Å². The van der Waals surface area contributed by atoms with Crippen LogP contribution in [0.25, 0.3) is 0 Å². The van der Waals surface area contributed by atoms with E-state index < -0.39 is 18.4 Å². The molecule has 3 heterocycles. The molecule has 0 radical (unpaired) electrons. The second-order valence-corrected chi connectivity index (χ2v) is 7.01. The normalized spacial score (nSPS) is 17.8. The Morgan fingerprint density at radius 1 is 1.17 bits per heavy atom. The van der Waals surface area contributed by atoms with E-state index in [1.807, 2.05) is 12.1 Å². The predicted octanol–water partition coefficient (Wildman–Crippen LogP) is 3.32. The summed E-state index contributed by atoms with van der Waals surface area (Å²) in [6, 6.07) is 9.87. The molecule has 152 valence electrons. The molecular weight excluding hydrogens is 389 g/mol. The van der Waals surface area contributed by atoms with E-state index in [1.54, 1.807) is 17.0 Å². The first kappa shape index (κ1) is 19.2. The Labute approximate surface area is 164 Å². The predicted molar refractivity (Wildman–Crippen MR) is 94.5 cm³/mol.